The third-order valence-corrected chi connectivity index (χ3v) is 8.78. The lowest BCUT2D eigenvalue weighted by Gasteiger charge is -2.18. The SMILES string of the molecule is CSC1CC(=O)N(CCC(=O)NCCNC(=O)CC(CC(=O)NCCNC(=O)CCN2C(=O)CC(SC)C2=O)NC(C)=O)C1=O. The van der Waals surface area contributed by atoms with Crippen molar-refractivity contribution < 1.29 is 43.2 Å². The fourth-order valence-electron chi connectivity index (χ4n) is 4.61. The molecular weight excluding hydrogens is 630 g/mol. The summed E-state index contributed by atoms with van der Waals surface area (Å²) in [6.45, 7) is 1.58. The van der Waals surface area contributed by atoms with Crippen LogP contribution in [0.25, 0.3) is 0 Å². The van der Waals surface area contributed by atoms with E-state index in [1.54, 1.807) is 12.5 Å². The Kier molecular flexibility index (Phi) is 15.8. The summed E-state index contributed by atoms with van der Waals surface area (Å²) in [5, 5.41) is 12.1. The zero-order valence-corrected chi connectivity index (χ0v) is 27.2. The van der Waals surface area contributed by atoms with Gasteiger partial charge < -0.3 is 26.6 Å². The molecule has 45 heavy (non-hydrogen) atoms. The van der Waals surface area contributed by atoms with Gasteiger partial charge in [0.2, 0.25) is 53.2 Å². The van der Waals surface area contributed by atoms with Crippen molar-refractivity contribution in [2.24, 2.45) is 0 Å². The number of imide groups is 2. The third kappa shape index (κ3) is 12.7. The minimum absolute atomic E-state index is 0.0122. The highest BCUT2D eigenvalue weighted by molar-refractivity contribution is 8.00. The molecule has 2 saturated heterocycles. The van der Waals surface area contributed by atoms with Crippen molar-refractivity contribution in [1.29, 1.82) is 0 Å². The Balaban J connectivity index is 1.61. The van der Waals surface area contributed by atoms with Crippen molar-refractivity contribution in [2.75, 3.05) is 51.8 Å². The van der Waals surface area contributed by atoms with Crippen molar-refractivity contribution >= 4 is 76.7 Å². The normalized spacial score (nSPS) is 18.6. The smallest absolute Gasteiger partial charge is 0.242 e. The fourth-order valence-corrected chi connectivity index (χ4v) is 5.88. The molecule has 2 heterocycles. The number of carbonyl (C=O) groups is 9. The molecule has 2 fully saturated rings. The summed E-state index contributed by atoms with van der Waals surface area (Å²) >= 11 is 2.59. The maximum absolute atomic E-state index is 12.4. The highest BCUT2D eigenvalue weighted by Crippen LogP contribution is 2.23. The Morgan fingerprint density at radius 3 is 1.33 bits per heavy atom. The number of rotatable bonds is 19. The van der Waals surface area contributed by atoms with E-state index in [9.17, 15) is 43.2 Å². The van der Waals surface area contributed by atoms with E-state index in [1.807, 2.05) is 0 Å². The third-order valence-electron chi connectivity index (χ3n) is 6.91. The van der Waals surface area contributed by atoms with Crippen molar-refractivity contribution in [1.82, 2.24) is 36.4 Å². The molecular formula is C27H41N7O9S2. The fraction of sp³-hybridized carbons (Fsp3) is 0.667. The van der Waals surface area contributed by atoms with E-state index in [2.05, 4.69) is 26.6 Å². The number of thioether (sulfide) groups is 2. The predicted octanol–water partition coefficient (Wildman–Crippen LogP) is -2.50. The van der Waals surface area contributed by atoms with E-state index in [0.717, 1.165) is 9.80 Å². The van der Waals surface area contributed by atoms with Crippen LogP contribution in [-0.4, -0.2) is 131 Å². The van der Waals surface area contributed by atoms with Gasteiger partial charge in [0.15, 0.2) is 0 Å². The summed E-state index contributed by atoms with van der Waals surface area (Å²) < 4.78 is 0. The van der Waals surface area contributed by atoms with Crippen LogP contribution >= 0.6 is 23.5 Å². The van der Waals surface area contributed by atoms with E-state index < -0.39 is 34.3 Å². The number of nitrogens with one attached hydrogen (secondary N) is 5. The largest absolute Gasteiger partial charge is 0.354 e. The molecule has 2 rings (SSSR count). The average Bonchev–Trinajstić information content (AvgIpc) is 3.42. The Morgan fingerprint density at radius 2 is 1.02 bits per heavy atom. The van der Waals surface area contributed by atoms with Gasteiger partial charge in [-0.3, -0.25) is 53.0 Å². The van der Waals surface area contributed by atoms with Crippen molar-refractivity contribution in [3.05, 3.63) is 0 Å². The van der Waals surface area contributed by atoms with Crippen LogP contribution in [0.15, 0.2) is 0 Å². The topological polar surface area (TPSA) is 220 Å². The molecule has 5 N–H and O–H groups in total. The highest BCUT2D eigenvalue weighted by Gasteiger charge is 2.38. The van der Waals surface area contributed by atoms with Gasteiger partial charge in [0.1, 0.15) is 0 Å². The second kappa shape index (κ2) is 19.0. The predicted molar refractivity (Wildman–Crippen MR) is 165 cm³/mol. The Hall–Kier alpha value is -3.67. The van der Waals surface area contributed by atoms with Crippen LogP contribution in [0.4, 0.5) is 0 Å². The first-order valence-electron chi connectivity index (χ1n) is 14.4. The Labute approximate surface area is 269 Å². The average molecular weight is 672 g/mol. The van der Waals surface area contributed by atoms with Crippen LogP contribution in [0.2, 0.25) is 0 Å². The van der Waals surface area contributed by atoms with Crippen molar-refractivity contribution in [2.45, 2.75) is 62.0 Å². The molecule has 0 saturated carbocycles. The minimum atomic E-state index is -0.798. The van der Waals surface area contributed by atoms with E-state index in [1.165, 1.54) is 30.4 Å². The standard InChI is InChI=1S/C27H41N7O9S2/c1-16(35)32-17(12-22(38)30-8-6-28-20(36)4-10-33-24(40)14-18(44-2)26(33)42)13-23(39)31-9-7-29-21(37)5-11-34-25(41)15-19(45-3)27(34)43/h17-19H,4-15H2,1-3H3,(H,28,36)(H,29,37)(H,30,38)(H,31,39)(H,32,35). The summed E-state index contributed by atoms with van der Waals surface area (Å²) in [5.41, 5.74) is 0. The molecule has 2 unspecified atom stereocenters. The van der Waals surface area contributed by atoms with Crippen LogP contribution in [0.5, 0.6) is 0 Å². The first kappa shape index (κ1) is 37.5. The van der Waals surface area contributed by atoms with Crippen molar-refractivity contribution in [3.8, 4) is 0 Å². The van der Waals surface area contributed by atoms with Gasteiger partial charge in [-0.1, -0.05) is 0 Å². The number of nitrogens with zero attached hydrogens (tertiary/aromatic N) is 2. The Morgan fingerprint density at radius 1 is 0.667 bits per heavy atom. The molecule has 0 aromatic rings. The molecule has 250 valence electrons. The molecule has 0 aromatic heterocycles. The van der Waals surface area contributed by atoms with Crippen LogP contribution in [0.3, 0.4) is 0 Å². The van der Waals surface area contributed by atoms with Gasteiger partial charge in [-0.2, -0.15) is 23.5 Å². The number of amides is 9. The first-order chi connectivity index (χ1) is 21.4. The van der Waals surface area contributed by atoms with Gasteiger partial charge in [-0.15, -0.1) is 0 Å². The zero-order chi connectivity index (χ0) is 33.5. The summed E-state index contributed by atoms with van der Waals surface area (Å²) in [6, 6.07) is -0.798. The molecule has 2 atom stereocenters. The van der Waals surface area contributed by atoms with Crippen LogP contribution < -0.4 is 26.6 Å². The van der Waals surface area contributed by atoms with Gasteiger partial charge in [0.25, 0.3) is 0 Å². The second-order valence-electron chi connectivity index (χ2n) is 10.3. The molecule has 0 radical (unpaired) electrons. The van der Waals surface area contributed by atoms with E-state index in [0.29, 0.717) is 0 Å². The second-order valence-corrected chi connectivity index (χ2v) is 12.4. The first-order valence-corrected chi connectivity index (χ1v) is 17.0. The number of carbonyl (C=O) groups excluding carboxylic acids is 9. The minimum Gasteiger partial charge on any atom is -0.354 e. The molecule has 0 spiro atoms. The number of likely N-dealkylation sites (tertiary alicyclic amines) is 2. The molecule has 0 bridgehead atoms. The molecule has 2 aliphatic heterocycles. The van der Waals surface area contributed by atoms with E-state index >= 15 is 0 Å². The molecule has 9 amide bonds. The molecule has 2 aliphatic rings. The van der Waals surface area contributed by atoms with Crippen LogP contribution in [0.1, 0.15) is 45.4 Å². The van der Waals surface area contributed by atoms with Crippen molar-refractivity contribution in [3.63, 3.8) is 0 Å². The van der Waals surface area contributed by atoms with Gasteiger partial charge in [-0.05, 0) is 12.5 Å². The molecule has 16 nitrogen and oxygen atoms in total. The van der Waals surface area contributed by atoms with Crippen LogP contribution in [0, 0.1) is 0 Å². The summed E-state index contributed by atoms with van der Waals surface area (Å²) in [7, 11) is 0. The maximum atomic E-state index is 12.4. The lowest BCUT2D eigenvalue weighted by molar-refractivity contribution is -0.140. The maximum Gasteiger partial charge on any atom is 0.242 e. The van der Waals surface area contributed by atoms with E-state index in [-0.39, 0.29) is 113 Å². The quantitative estimate of drug-likeness (QED) is 0.0714. The number of hydrogen-bond acceptors (Lipinski definition) is 11. The molecule has 0 aliphatic carbocycles. The monoisotopic (exact) mass is 671 g/mol. The lowest BCUT2D eigenvalue weighted by atomic mass is 10.1. The summed E-state index contributed by atoms with van der Waals surface area (Å²) in [5.74, 6) is -3.33. The van der Waals surface area contributed by atoms with Gasteiger partial charge >= 0.3 is 0 Å². The summed E-state index contributed by atoms with van der Waals surface area (Å²) in [6.07, 6.45) is 3.23. The van der Waals surface area contributed by atoms with Gasteiger partial charge in [0.05, 0.1) is 10.5 Å². The van der Waals surface area contributed by atoms with Gasteiger partial charge in [0, 0.05) is 90.8 Å². The lowest BCUT2D eigenvalue weighted by Crippen LogP contribution is -2.43. The Bertz CT molecular complexity index is 1090. The molecule has 18 heteroatoms. The van der Waals surface area contributed by atoms with E-state index in [4.69, 9.17) is 0 Å². The summed E-state index contributed by atoms with van der Waals surface area (Å²) in [4.78, 5) is 111. The zero-order valence-electron chi connectivity index (χ0n) is 25.6. The van der Waals surface area contributed by atoms with Gasteiger partial charge in [-0.25, -0.2) is 0 Å². The number of hydrogen-bond donors (Lipinski definition) is 5. The van der Waals surface area contributed by atoms with Crippen LogP contribution in [-0.2, 0) is 43.2 Å². The highest BCUT2D eigenvalue weighted by atomic mass is 32.2. The molecule has 0 aromatic carbocycles.